The van der Waals surface area contributed by atoms with Crippen molar-refractivity contribution >= 4 is 17.1 Å². The Morgan fingerprint density at radius 3 is 1.46 bits per heavy atom. The highest BCUT2D eigenvalue weighted by molar-refractivity contribution is 5.92. The van der Waals surface area contributed by atoms with Crippen LogP contribution >= 0.6 is 0 Å². The second-order valence-electron chi connectivity index (χ2n) is 6.64. The third-order valence-electron chi connectivity index (χ3n) is 4.22. The Bertz CT molecular complexity index is 745. The van der Waals surface area contributed by atoms with Gasteiger partial charge >= 0.3 is 0 Å². The van der Waals surface area contributed by atoms with Crippen LogP contribution in [-0.2, 0) is 12.8 Å². The fraction of sp³-hybridized carbons (Fsp3) is 0.286. The molecule has 0 saturated carbocycles. The molecule has 2 rings (SSSR count). The van der Waals surface area contributed by atoms with Gasteiger partial charge in [-0.1, -0.05) is 76.1 Å². The summed E-state index contributed by atoms with van der Waals surface area (Å²) < 4.78 is 0. The standard InChI is InChI=1S/C21H26N4O3/c1-17(22-26)14-25(15-20(23-27)12-18-8-4-2-5-9-18)16-21(24-28)13-19-10-6-3-7-11-19/h2-11,26-28H,12-16H2,1H3/b22-17-,23-20-,24-21+. The quantitative estimate of drug-likeness (QED) is 0.333. The van der Waals surface area contributed by atoms with Crippen LogP contribution in [0.15, 0.2) is 76.1 Å². The van der Waals surface area contributed by atoms with Crippen molar-refractivity contribution in [2.75, 3.05) is 19.6 Å². The molecule has 2 aromatic carbocycles. The first-order chi connectivity index (χ1) is 13.6. The Labute approximate surface area is 164 Å². The van der Waals surface area contributed by atoms with Crippen LogP contribution in [0.3, 0.4) is 0 Å². The molecule has 28 heavy (non-hydrogen) atoms. The second kappa shape index (κ2) is 11.5. The normalized spacial score (nSPS) is 13.1. The lowest BCUT2D eigenvalue weighted by Gasteiger charge is -2.22. The van der Waals surface area contributed by atoms with Gasteiger partial charge in [0.1, 0.15) is 0 Å². The molecule has 0 amide bonds. The van der Waals surface area contributed by atoms with E-state index in [4.69, 9.17) is 5.21 Å². The summed E-state index contributed by atoms with van der Waals surface area (Å²) in [7, 11) is 0. The molecule has 0 aliphatic carbocycles. The van der Waals surface area contributed by atoms with Gasteiger partial charge < -0.3 is 15.6 Å². The molecule has 2 aromatic rings. The summed E-state index contributed by atoms with van der Waals surface area (Å²) in [5, 5.41) is 38.1. The maximum atomic E-state index is 9.46. The van der Waals surface area contributed by atoms with E-state index in [0.29, 0.717) is 49.6 Å². The summed E-state index contributed by atoms with van der Waals surface area (Å²) in [6.45, 7) is 2.73. The van der Waals surface area contributed by atoms with Crippen molar-refractivity contribution < 1.29 is 15.6 Å². The number of nitrogens with zero attached hydrogens (tertiary/aromatic N) is 4. The van der Waals surface area contributed by atoms with E-state index in [1.807, 2.05) is 65.6 Å². The van der Waals surface area contributed by atoms with Crippen molar-refractivity contribution in [1.82, 2.24) is 4.90 Å². The minimum Gasteiger partial charge on any atom is -0.411 e. The summed E-state index contributed by atoms with van der Waals surface area (Å²) >= 11 is 0. The Hall–Kier alpha value is -3.19. The summed E-state index contributed by atoms with van der Waals surface area (Å²) in [6, 6.07) is 19.4. The van der Waals surface area contributed by atoms with E-state index >= 15 is 0 Å². The zero-order valence-corrected chi connectivity index (χ0v) is 15.9. The molecule has 3 N–H and O–H groups in total. The number of oxime groups is 3. The molecule has 0 spiro atoms. The first-order valence-corrected chi connectivity index (χ1v) is 9.02. The molecule has 0 bridgehead atoms. The first-order valence-electron chi connectivity index (χ1n) is 9.02. The third kappa shape index (κ3) is 7.20. The van der Waals surface area contributed by atoms with Crippen molar-refractivity contribution in [3.63, 3.8) is 0 Å². The van der Waals surface area contributed by atoms with Crippen LogP contribution in [0.2, 0.25) is 0 Å². The van der Waals surface area contributed by atoms with E-state index in [0.717, 1.165) is 11.1 Å². The number of rotatable bonds is 10. The number of hydrogen-bond donors (Lipinski definition) is 3. The Morgan fingerprint density at radius 2 is 1.11 bits per heavy atom. The van der Waals surface area contributed by atoms with Gasteiger partial charge in [0.15, 0.2) is 0 Å². The molecular formula is C21H26N4O3. The van der Waals surface area contributed by atoms with Gasteiger partial charge in [-0.15, -0.1) is 0 Å². The van der Waals surface area contributed by atoms with Crippen LogP contribution in [0.1, 0.15) is 18.1 Å². The van der Waals surface area contributed by atoms with Crippen molar-refractivity contribution in [3.05, 3.63) is 71.8 Å². The van der Waals surface area contributed by atoms with Crippen LogP contribution in [0.5, 0.6) is 0 Å². The summed E-state index contributed by atoms with van der Waals surface area (Å²) in [5.41, 5.74) is 3.70. The minimum absolute atomic E-state index is 0.339. The van der Waals surface area contributed by atoms with E-state index in [-0.39, 0.29) is 0 Å². The van der Waals surface area contributed by atoms with Gasteiger partial charge in [0.05, 0.1) is 17.1 Å². The Balaban J connectivity index is 2.09. The topological polar surface area (TPSA) is 101 Å². The molecule has 7 heteroatoms. The van der Waals surface area contributed by atoms with E-state index in [1.165, 1.54) is 0 Å². The number of benzene rings is 2. The van der Waals surface area contributed by atoms with E-state index in [2.05, 4.69) is 15.5 Å². The van der Waals surface area contributed by atoms with Crippen molar-refractivity contribution in [2.24, 2.45) is 15.5 Å². The lowest BCUT2D eigenvalue weighted by atomic mass is 10.1. The first kappa shape index (κ1) is 21.1. The molecule has 0 aliphatic rings. The van der Waals surface area contributed by atoms with Crippen LogP contribution in [0.4, 0.5) is 0 Å². The molecule has 148 valence electrons. The predicted octanol–water partition coefficient (Wildman–Crippen LogP) is 3.28. The molecule has 0 atom stereocenters. The highest BCUT2D eigenvalue weighted by atomic mass is 16.4. The van der Waals surface area contributed by atoms with Gasteiger partial charge in [-0.2, -0.15) is 0 Å². The van der Waals surface area contributed by atoms with E-state index in [1.54, 1.807) is 6.92 Å². The Morgan fingerprint density at radius 1 is 0.679 bits per heavy atom. The van der Waals surface area contributed by atoms with Gasteiger partial charge in [-0.25, -0.2) is 0 Å². The average molecular weight is 382 g/mol. The molecule has 0 saturated heterocycles. The molecule has 0 heterocycles. The van der Waals surface area contributed by atoms with E-state index in [9.17, 15) is 10.4 Å². The molecule has 7 nitrogen and oxygen atoms in total. The van der Waals surface area contributed by atoms with E-state index < -0.39 is 0 Å². The third-order valence-corrected chi connectivity index (χ3v) is 4.22. The minimum atomic E-state index is 0.339. The zero-order valence-electron chi connectivity index (χ0n) is 15.9. The predicted molar refractivity (Wildman–Crippen MR) is 110 cm³/mol. The highest BCUT2D eigenvalue weighted by Crippen LogP contribution is 2.06. The summed E-state index contributed by atoms with van der Waals surface area (Å²) in [4.78, 5) is 1.91. The summed E-state index contributed by atoms with van der Waals surface area (Å²) in [6.07, 6.45) is 0.987. The van der Waals surface area contributed by atoms with Crippen LogP contribution in [0, 0.1) is 0 Å². The van der Waals surface area contributed by atoms with Crippen LogP contribution in [-0.4, -0.2) is 57.3 Å². The van der Waals surface area contributed by atoms with Crippen molar-refractivity contribution in [3.8, 4) is 0 Å². The SMILES string of the molecule is C/C(CN(C/C(Cc1ccccc1)=N\O)C/C(Cc1ccccc1)=N/O)=N/O. The highest BCUT2D eigenvalue weighted by Gasteiger charge is 2.15. The summed E-state index contributed by atoms with van der Waals surface area (Å²) in [5.74, 6) is 0. The van der Waals surface area contributed by atoms with Gasteiger partial charge in [-0.05, 0) is 18.1 Å². The molecule has 0 radical (unpaired) electrons. The lowest BCUT2D eigenvalue weighted by Crippen LogP contribution is -2.39. The largest absolute Gasteiger partial charge is 0.411 e. The molecule has 0 fully saturated rings. The van der Waals surface area contributed by atoms with Crippen LogP contribution < -0.4 is 0 Å². The maximum Gasteiger partial charge on any atom is 0.0754 e. The lowest BCUT2D eigenvalue weighted by molar-refractivity contribution is 0.299. The smallest absolute Gasteiger partial charge is 0.0754 e. The van der Waals surface area contributed by atoms with Gasteiger partial charge in [0.25, 0.3) is 0 Å². The fourth-order valence-corrected chi connectivity index (χ4v) is 2.95. The second-order valence-corrected chi connectivity index (χ2v) is 6.64. The molecule has 0 aliphatic heterocycles. The molecule has 0 aromatic heterocycles. The molecule has 0 unspecified atom stereocenters. The fourth-order valence-electron chi connectivity index (χ4n) is 2.95. The van der Waals surface area contributed by atoms with Gasteiger partial charge in [0.2, 0.25) is 0 Å². The maximum absolute atomic E-state index is 9.46. The average Bonchev–Trinajstić information content (AvgIpc) is 2.74. The zero-order chi connectivity index (χ0) is 20.2. The van der Waals surface area contributed by atoms with Crippen molar-refractivity contribution in [2.45, 2.75) is 19.8 Å². The Kier molecular flexibility index (Phi) is 8.68. The number of hydrogen-bond acceptors (Lipinski definition) is 7. The monoisotopic (exact) mass is 382 g/mol. The van der Waals surface area contributed by atoms with Gasteiger partial charge in [0, 0.05) is 32.5 Å². The van der Waals surface area contributed by atoms with Gasteiger partial charge in [-0.3, -0.25) is 4.90 Å². The van der Waals surface area contributed by atoms with Crippen LogP contribution in [0.25, 0.3) is 0 Å². The molecular weight excluding hydrogens is 356 g/mol. The van der Waals surface area contributed by atoms with Crippen molar-refractivity contribution in [1.29, 1.82) is 0 Å².